The molecule has 1 N–H and O–H groups in total. The average molecular weight is 394 g/mol. The van der Waals surface area contributed by atoms with Gasteiger partial charge in [-0.05, 0) is 30.3 Å². The molecule has 2 aromatic carbocycles. The highest BCUT2D eigenvalue weighted by Crippen LogP contribution is 2.23. The molecule has 1 aliphatic rings. The van der Waals surface area contributed by atoms with E-state index in [1.165, 1.54) is 0 Å². The summed E-state index contributed by atoms with van der Waals surface area (Å²) in [5.74, 6) is 0.703. The molecule has 0 unspecified atom stereocenters. The Morgan fingerprint density at radius 3 is 2.54 bits per heavy atom. The number of nitrogens with one attached hydrogen (secondary N) is 1. The van der Waals surface area contributed by atoms with Gasteiger partial charge in [0, 0.05) is 43.4 Å². The minimum Gasteiger partial charge on any atom is -0.491 e. The fourth-order valence-electron chi connectivity index (χ4n) is 2.79. The molecular formula is C19H21Cl2N3O2. The van der Waals surface area contributed by atoms with Crippen molar-refractivity contribution in [2.75, 3.05) is 44.6 Å². The van der Waals surface area contributed by atoms with E-state index in [1.54, 1.807) is 12.1 Å². The fraction of sp³-hybridized carbons (Fsp3) is 0.316. The SMILES string of the molecule is O=C(Nc1cccc(Cl)c1)N1CCN(CCOc2ccccc2Cl)CC1. The summed E-state index contributed by atoms with van der Waals surface area (Å²) in [7, 11) is 0. The van der Waals surface area contributed by atoms with Crippen LogP contribution in [0.3, 0.4) is 0 Å². The Bertz CT molecular complexity index is 749. The Labute approximate surface area is 163 Å². The topological polar surface area (TPSA) is 44.8 Å². The molecule has 1 aliphatic heterocycles. The van der Waals surface area contributed by atoms with Crippen LogP contribution in [0.25, 0.3) is 0 Å². The molecule has 0 radical (unpaired) electrons. The first kappa shape index (κ1) is 18.8. The van der Waals surface area contributed by atoms with Gasteiger partial charge >= 0.3 is 6.03 Å². The molecule has 2 amide bonds. The Hall–Kier alpha value is -1.95. The number of carbonyl (C=O) groups excluding carboxylic acids is 1. The van der Waals surface area contributed by atoms with Crippen LogP contribution in [-0.2, 0) is 0 Å². The van der Waals surface area contributed by atoms with Gasteiger partial charge in [-0.15, -0.1) is 0 Å². The lowest BCUT2D eigenvalue weighted by Crippen LogP contribution is -2.50. The lowest BCUT2D eigenvalue weighted by atomic mass is 10.3. The number of halogens is 2. The molecule has 138 valence electrons. The van der Waals surface area contributed by atoms with Crippen molar-refractivity contribution in [3.05, 3.63) is 58.6 Å². The smallest absolute Gasteiger partial charge is 0.321 e. The van der Waals surface area contributed by atoms with Crippen molar-refractivity contribution in [1.82, 2.24) is 9.80 Å². The number of ether oxygens (including phenoxy) is 1. The molecule has 0 aromatic heterocycles. The summed E-state index contributed by atoms with van der Waals surface area (Å²) >= 11 is 12.0. The first-order valence-corrected chi connectivity index (χ1v) is 9.28. The van der Waals surface area contributed by atoms with Crippen LogP contribution >= 0.6 is 23.2 Å². The van der Waals surface area contributed by atoms with E-state index >= 15 is 0 Å². The molecule has 5 nitrogen and oxygen atoms in total. The van der Waals surface area contributed by atoms with Gasteiger partial charge in [-0.25, -0.2) is 4.79 Å². The number of hydrogen-bond acceptors (Lipinski definition) is 3. The van der Waals surface area contributed by atoms with E-state index in [9.17, 15) is 4.79 Å². The van der Waals surface area contributed by atoms with Crippen molar-refractivity contribution < 1.29 is 9.53 Å². The number of benzene rings is 2. The molecule has 0 saturated carbocycles. The molecular weight excluding hydrogens is 373 g/mol. The number of hydrogen-bond donors (Lipinski definition) is 1. The van der Waals surface area contributed by atoms with Crippen LogP contribution in [0.15, 0.2) is 48.5 Å². The summed E-state index contributed by atoms with van der Waals surface area (Å²) in [5, 5.41) is 4.11. The number of piperazine rings is 1. The molecule has 7 heteroatoms. The maximum atomic E-state index is 12.3. The highest BCUT2D eigenvalue weighted by atomic mass is 35.5. The summed E-state index contributed by atoms with van der Waals surface area (Å²) in [4.78, 5) is 16.4. The van der Waals surface area contributed by atoms with Gasteiger partial charge in [0.05, 0.1) is 5.02 Å². The Balaban J connectivity index is 1.40. The van der Waals surface area contributed by atoms with Gasteiger partial charge in [0.2, 0.25) is 0 Å². The predicted molar refractivity (Wildman–Crippen MR) is 105 cm³/mol. The third-order valence-electron chi connectivity index (χ3n) is 4.24. The zero-order valence-electron chi connectivity index (χ0n) is 14.3. The highest BCUT2D eigenvalue weighted by molar-refractivity contribution is 6.32. The van der Waals surface area contributed by atoms with Crippen molar-refractivity contribution in [1.29, 1.82) is 0 Å². The number of para-hydroxylation sites is 1. The van der Waals surface area contributed by atoms with E-state index in [0.717, 1.165) is 19.6 Å². The van der Waals surface area contributed by atoms with Crippen LogP contribution in [0.2, 0.25) is 10.0 Å². The summed E-state index contributed by atoms with van der Waals surface area (Å²) in [6.45, 7) is 4.36. The number of rotatable bonds is 5. The largest absolute Gasteiger partial charge is 0.491 e. The second-order valence-corrected chi connectivity index (χ2v) is 6.89. The van der Waals surface area contributed by atoms with Gasteiger partial charge in [0.1, 0.15) is 12.4 Å². The summed E-state index contributed by atoms with van der Waals surface area (Å²) in [5.41, 5.74) is 0.707. The number of urea groups is 1. The first-order valence-electron chi connectivity index (χ1n) is 8.53. The zero-order chi connectivity index (χ0) is 18.4. The quantitative estimate of drug-likeness (QED) is 0.826. The van der Waals surface area contributed by atoms with Crippen LogP contribution < -0.4 is 10.1 Å². The Morgan fingerprint density at radius 2 is 1.81 bits per heavy atom. The summed E-state index contributed by atoms with van der Waals surface area (Å²) in [6, 6.07) is 14.5. The maximum Gasteiger partial charge on any atom is 0.321 e. The molecule has 1 heterocycles. The third-order valence-corrected chi connectivity index (χ3v) is 4.78. The van der Waals surface area contributed by atoms with Crippen molar-refractivity contribution in [3.8, 4) is 5.75 Å². The van der Waals surface area contributed by atoms with Crippen LogP contribution in [0.5, 0.6) is 5.75 Å². The van der Waals surface area contributed by atoms with Crippen molar-refractivity contribution in [2.45, 2.75) is 0 Å². The summed E-state index contributed by atoms with van der Waals surface area (Å²) < 4.78 is 5.73. The van der Waals surface area contributed by atoms with Crippen molar-refractivity contribution in [3.63, 3.8) is 0 Å². The number of carbonyl (C=O) groups is 1. The van der Waals surface area contributed by atoms with E-state index in [2.05, 4.69) is 10.2 Å². The minimum atomic E-state index is -0.0979. The monoisotopic (exact) mass is 393 g/mol. The van der Waals surface area contributed by atoms with Crippen LogP contribution in [-0.4, -0.2) is 55.2 Å². The van der Waals surface area contributed by atoms with E-state index in [4.69, 9.17) is 27.9 Å². The molecule has 0 aliphatic carbocycles. The second-order valence-electron chi connectivity index (χ2n) is 6.05. The average Bonchev–Trinajstić information content (AvgIpc) is 2.64. The van der Waals surface area contributed by atoms with E-state index in [-0.39, 0.29) is 6.03 Å². The van der Waals surface area contributed by atoms with Gasteiger partial charge in [-0.2, -0.15) is 0 Å². The van der Waals surface area contributed by atoms with Gasteiger partial charge in [-0.1, -0.05) is 41.4 Å². The molecule has 0 bridgehead atoms. The minimum absolute atomic E-state index is 0.0979. The van der Waals surface area contributed by atoms with E-state index < -0.39 is 0 Å². The lowest BCUT2D eigenvalue weighted by molar-refractivity contribution is 0.132. The Morgan fingerprint density at radius 1 is 1.04 bits per heavy atom. The molecule has 0 spiro atoms. The Kier molecular flexibility index (Phi) is 6.61. The predicted octanol–water partition coefficient (Wildman–Crippen LogP) is 4.22. The standard InChI is InChI=1S/C19H21Cl2N3O2/c20-15-4-3-5-16(14-15)22-19(25)24-10-8-23(9-11-24)12-13-26-18-7-2-1-6-17(18)21/h1-7,14H,8-13H2,(H,22,25). The molecule has 26 heavy (non-hydrogen) atoms. The van der Waals surface area contributed by atoms with E-state index in [0.29, 0.717) is 41.2 Å². The fourth-order valence-corrected chi connectivity index (χ4v) is 3.17. The van der Waals surface area contributed by atoms with Crippen LogP contribution in [0.4, 0.5) is 10.5 Å². The normalized spacial score (nSPS) is 14.9. The van der Waals surface area contributed by atoms with Gasteiger partial charge in [-0.3, -0.25) is 4.90 Å². The maximum absolute atomic E-state index is 12.3. The van der Waals surface area contributed by atoms with Crippen LogP contribution in [0, 0.1) is 0 Å². The van der Waals surface area contributed by atoms with Gasteiger partial charge in [0.25, 0.3) is 0 Å². The summed E-state index contributed by atoms with van der Waals surface area (Å²) in [6.07, 6.45) is 0. The van der Waals surface area contributed by atoms with Crippen LogP contribution in [0.1, 0.15) is 0 Å². The number of anilines is 1. The van der Waals surface area contributed by atoms with E-state index in [1.807, 2.05) is 41.3 Å². The third kappa shape index (κ3) is 5.27. The van der Waals surface area contributed by atoms with Crippen molar-refractivity contribution in [2.24, 2.45) is 0 Å². The number of amides is 2. The van der Waals surface area contributed by atoms with Gasteiger partial charge < -0.3 is 15.0 Å². The zero-order valence-corrected chi connectivity index (χ0v) is 15.8. The van der Waals surface area contributed by atoms with Crippen molar-refractivity contribution >= 4 is 34.9 Å². The van der Waals surface area contributed by atoms with Gasteiger partial charge in [0.15, 0.2) is 0 Å². The highest BCUT2D eigenvalue weighted by Gasteiger charge is 2.21. The lowest BCUT2D eigenvalue weighted by Gasteiger charge is -2.34. The number of nitrogens with zero attached hydrogens (tertiary/aromatic N) is 2. The molecule has 2 aromatic rings. The first-order chi connectivity index (χ1) is 12.6. The second kappa shape index (κ2) is 9.12. The molecule has 3 rings (SSSR count). The molecule has 1 fully saturated rings. The molecule has 1 saturated heterocycles. The molecule has 0 atom stereocenters.